The second-order valence-electron chi connectivity index (χ2n) is 9.03. The number of carbonyl (C=O) groups is 3. The van der Waals surface area contributed by atoms with E-state index in [-0.39, 0.29) is 13.2 Å². The summed E-state index contributed by atoms with van der Waals surface area (Å²) in [6.45, 7) is 9.00. The largest absolute Gasteiger partial charge is 0.489 e. The number of ether oxygens (including phenoxy) is 2. The first-order valence-corrected chi connectivity index (χ1v) is 12.9. The lowest BCUT2D eigenvalue weighted by molar-refractivity contribution is -0.132. The van der Waals surface area contributed by atoms with Gasteiger partial charge >= 0.3 is 0 Å². The molecule has 1 atom stereocenters. The highest BCUT2D eigenvalue weighted by atomic mass is 16.5. The van der Waals surface area contributed by atoms with Crippen LogP contribution in [0.15, 0.2) is 42.5 Å². The Hall–Kier alpha value is -3.23. The van der Waals surface area contributed by atoms with E-state index in [2.05, 4.69) is 22.3 Å². The molecule has 0 aliphatic carbocycles. The molecule has 1 N–H and O–H groups in total. The van der Waals surface area contributed by atoms with Crippen molar-refractivity contribution < 1.29 is 25.3 Å². The summed E-state index contributed by atoms with van der Waals surface area (Å²) in [6.07, 6.45) is 1.35. The fourth-order valence-electron chi connectivity index (χ4n) is 4.88. The molecule has 0 aromatic heterocycles. The van der Waals surface area contributed by atoms with Crippen molar-refractivity contribution in [1.29, 1.82) is 0 Å². The zero-order valence-electron chi connectivity index (χ0n) is 21.1. The van der Waals surface area contributed by atoms with Crippen LogP contribution in [0.3, 0.4) is 0 Å². The summed E-state index contributed by atoms with van der Waals surface area (Å²) >= 11 is 0. The van der Waals surface area contributed by atoms with Crippen LogP contribution in [0.1, 0.15) is 61.6 Å². The molecular formula is C28H37N3O5. The predicted molar refractivity (Wildman–Crippen MR) is 137 cm³/mol. The zero-order chi connectivity index (χ0) is 25.5. The van der Waals surface area contributed by atoms with Crippen molar-refractivity contribution in [1.82, 2.24) is 15.1 Å². The van der Waals surface area contributed by atoms with Gasteiger partial charge in [0.2, 0.25) is 11.8 Å². The van der Waals surface area contributed by atoms with Crippen molar-refractivity contribution in [2.75, 3.05) is 26.3 Å². The lowest BCUT2D eigenvalue weighted by Gasteiger charge is -2.26. The molecule has 3 aliphatic rings. The lowest BCUT2D eigenvalue weighted by atomic mass is 10.1. The van der Waals surface area contributed by atoms with Gasteiger partial charge in [0, 0.05) is 38.6 Å². The molecule has 2 aromatic rings. The highest BCUT2D eigenvalue weighted by molar-refractivity contribution is 6.04. The number of hydrogen-bond acceptors (Lipinski definition) is 6. The van der Waals surface area contributed by atoms with Crippen LogP contribution in [0, 0.1) is 0 Å². The number of imide groups is 1. The Morgan fingerprint density at radius 3 is 2.61 bits per heavy atom. The molecule has 2 saturated heterocycles. The van der Waals surface area contributed by atoms with E-state index in [0.29, 0.717) is 43.7 Å². The third kappa shape index (κ3) is 5.94. The van der Waals surface area contributed by atoms with Crippen LogP contribution in [0.5, 0.6) is 5.75 Å². The molecule has 8 heteroatoms. The first-order valence-electron chi connectivity index (χ1n) is 12.9. The maximum Gasteiger partial charge on any atom is 0.255 e. The van der Waals surface area contributed by atoms with E-state index in [0.717, 1.165) is 44.0 Å². The van der Waals surface area contributed by atoms with Crippen LogP contribution >= 0.6 is 0 Å². The van der Waals surface area contributed by atoms with Gasteiger partial charge in [-0.1, -0.05) is 44.2 Å². The smallest absolute Gasteiger partial charge is 0.255 e. The molecule has 194 valence electrons. The monoisotopic (exact) mass is 495 g/mol. The molecule has 0 spiro atoms. The molecule has 2 aromatic carbocycles. The summed E-state index contributed by atoms with van der Waals surface area (Å²) < 4.78 is 11.6. The number of morpholine rings is 1. The highest BCUT2D eigenvalue weighted by Gasteiger charge is 2.39. The van der Waals surface area contributed by atoms with Gasteiger partial charge in [0.1, 0.15) is 18.4 Å². The van der Waals surface area contributed by atoms with E-state index in [1.165, 1.54) is 5.56 Å². The fraction of sp³-hybridized carbons (Fsp3) is 0.464. The van der Waals surface area contributed by atoms with Gasteiger partial charge in [0.05, 0.1) is 19.8 Å². The van der Waals surface area contributed by atoms with Crippen molar-refractivity contribution in [3.63, 3.8) is 0 Å². The third-order valence-corrected chi connectivity index (χ3v) is 6.67. The summed E-state index contributed by atoms with van der Waals surface area (Å²) in [5, 5.41) is 2.40. The average Bonchev–Trinajstić information content (AvgIpc) is 3.13. The maximum atomic E-state index is 13.1. The van der Waals surface area contributed by atoms with Crippen LogP contribution in [-0.2, 0) is 34.0 Å². The normalized spacial score (nSPS) is 20.2. The van der Waals surface area contributed by atoms with Crippen molar-refractivity contribution in [3.8, 4) is 5.75 Å². The summed E-state index contributed by atoms with van der Waals surface area (Å²) in [5.41, 5.74) is 3.64. The molecule has 36 heavy (non-hydrogen) atoms. The molecule has 3 heterocycles. The van der Waals surface area contributed by atoms with Crippen molar-refractivity contribution in [3.05, 3.63) is 64.7 Å². The molecule has 3 aliphatic heterocycles. The summed E-state index contributed by atoms with van der Waals surface area (Å²) in [4.78, 5) is 41.2. The lowest BCUT2D eigenvalue weighted by Crippen LogP contribution is -2.46. The number of carbonyl (C=O) groups excluding carboxylic acids is 3. The van der Waals surface area contributed by atoms with Gasteiger partial charge in [-0.3, -0.25) is 24.6 Å². The first kappa shape index (κ1) is 25.9. The molecule has 2 fully saturated rings. The number of hydrogen-bond donors (Lipinski definition) is 1. The SMILES string of the molecule is CC.O=C1CCC[C@H](N2Cc3c(OCc4cccc(CN5CCOCC5)c4)cccc3C2=O)C(=O)N1.[HH]. The van der Waals surface area contributed by atoms with Gasteiger partial charge in [-0.15, -0.1) is 0 Å². The molecule has 0 saturated carbocycles. The second kappa shape index (κ2) is 12.1. The molecule has 0 radical (unpaired) electrons. The maximum absolute atomic E-state index is 13.1. The molecule has 3 amide bonds. The standard InChI is InChI=1S/C26H29N3O5.C2H6.H2/c30-24-9-3-7-22(25(31)27-24)29-16-21-20(26(29)32)6-2-8-23(21)34-17-19-5-1-4-18(14-19)15-28-10-12-33-13-11-28;1-2;/h1-2,4-6,8,14,22H,3,7,9-13,15-17H2,(H,27,30,31);1-2H3;1H/t22-;;/m0../s1. The summed E-state index contributed by atoms with van der Waals surface area (Å²) in [7, 11) is 0. The molecule has 8 nitrogen and oxygen atoms in total. The highest BCUT2D eigenvalue weighted by Crippen LogP contribution is 2.34. The Kier molecular flexibility index (Phi) is 8.72. The molecule has 0 bridgehead atoms. The fourth-order valence-corrected chi connectivity index (χ4v) is 4.88. The Bertz CT molecular complexity index is 1100. The van der Waals surface area contributed by atoms with E-state index < -0.39 is 11.9 Å². The Morgan fingerprint density at radius 2 is 1.81 bits per heavy atom. The zero-order valence-corrected chi connectivity index (χ0v) is 21.1. The quantitative estimate of drug-likeness (QED) is 0.617. The minimum atomic E-state index is -0.643. The van der Waals surface area contributed by atoms with Crippen LogP contribution in [0.2, 0.25) is 0 Å². The van der Waals surface area contributed by atoms with Crippen LogP contribution in [-0.4, -0.2) is 59.9 Å². The first-order chi connectivity index (χ1) is 17.6. The Morgan fingerprint density at radius 1 is 1.06 bits per heavy atom. The molecular weight excluding hydrogens is 458 g/mol. The number of benzene rings is 2. The van der Waals surface area contributed by atoms with E-state index >= 15 is 0 Å². The van der Waals surface area contributed by atoms with E-state index in [9.17, 15) is 14.4 Å². The van der Waals surface area contributed by atoms with Gasteiger partial charge in [-0.2, -0.15) is 0 Å². The van der Waals surface area contributed by atoms with Crippen molar-refractivity contribution >= 4 is 17.7 Å². The molecule has 5 rings (SSSR count). The topological polar surface area (TPSA) is 88.2 Å². The van der Waals surface area contributed by atoms with Gasteiger partial charge in [-0.25, -0.2) is 0 Å². The van der Waals surface area contributed by atoms with Gasteiger partial charge in [0.25, 0.3) is 5.91 Å². The average molecular weight is 496 g/mol. The van der Waals surface area contributed by atoms with E-state index in [1.807, 2.05) is 32.0 Å². The van der Waals surface area contributed by atoms with Crippen LogP contribution in [0.4, 0.5) is 0 Å². The van der Waals surface area contributed by atoms with Crippen molar-refractivity contribution in [2.45, 2.75) is 58.8 Å². The van der Waals surface area contributed by atoms with Gasteiger partial charge in [-0.05, 0) is 36.1 Å². The minimum Gasteiger partial charge on any atom is -0.489 e. The number of rotatable bonds is 6. The van der Waals surface area contributed by atoms with Crippen molar-refractivity contribution in [2.24, 2.45) is 0 Å². The number of nitrogens with zero attached hydrogens (tertiary/aromatic N) is 2. The van der Waals surface area contributed by atoms with Gasteiger partial charge in [0.15, 0.2) is 0 Å². The number of fused-ring (bicyclic) bond motifs is 1. The predicted octanol–water partition coefficient (Wildman–Crippen LogP) is 3.52. The van der Waals surface area contributed by atoms with Crippen LogP contribution in [0.25, 0.3) is 0 Å². The molecule has 0 unspecified atom stereocenters. The van der Waals surface area contributed by atoms with Crippen LogP contribution < -0.4 is 10.1 Å². The van der Waals surface area contributed by atoms with E-state index in [1.54, 1.807) is 17.0 Å². The Balaban J connectivity index is 0.00000124. The third-order valence-electron chi connectivity index (χ3n) is 6.67. The minimum absolute atomic E-state index is 0. The number of nitrogens with one attached hydrogen (secondary N) is 1. The summed E-state index contributed by atoms with van der Waals surface area (Å²) in [6, 6.07) is 13.2. The number of amides is 3. The van der Waals surface area contributed by atoms with Gasteiger partial charge < -0.3 is 14.4 Å². The summed E-state index contributed by atoms with van der Waals surface area (Å²) in [5.74, 6) is -0.223. The Labute approximate surface area is 214 Å². The van der Waals surface area contributed by atoms with E-state index in [4.69, 9.17) is 9.47 Å². The second-order valence-corrected chi connectivity index (χ2v) is 9.03.